The van der Waals surface area contributed by atoms with Crippen LogP contribution in [0.15, 0.2) is 79.1 Å². The normalized spacial score (nSPS) is 11.9. The van der Waals surface area contributed by atoms with E-state index in [1.165, 1.54) is 13.1 Å². The topological polar surface area (TPSA) is 115 Å². The molecule has 1 amide bonds. The molecule has 2 heterocycles. The molecule has 0 spiro atoms. The van der Waals surface area contributed by atoms with Crippen LogP contribution in [0.1, 0.15) is 40.2 Å². The highest BCUT2D eigenvalue weighted by molar-refractivity contribution is 9.11. The summed E-state index contributed by atoms with van der Waals surface area (Å²) in [6.45, 7) is 5.71. The molecule has 0 radical (unpaired) electrons. The summed E-state index contributed by atoms with van der Waals surface area (Å²) in [6.07, 6.45) is 0.412. The van der Waals surface area contributed by atoms with E-state index in [0.29, 0.717) is 31.8 Å². The first-order valence-electron chi connectivity index (χ1n) is 11.8. The largest absolute Gasteiger partial charge is 0.486 e. The molecule has 2 N–H and O–H groups in total. The Bertz CT molecular complexity index is 1480. The summed E-state index contributed by atoms with van der Waals surface area (Å²) in [5.74, 6) is 0.00510. The van der Waals surface area contributed by atoms with Gasteiger partial charge in [0, 0.05) is 17.1 Å². The van der Waals surface area contributed by atoms with E-state index in [1.807, 2.05) is 24.3 Å². The van der Waals surface area contributed by atoms with Crippen LogP contribution in [0, 0.1) is 13.8 Å². The van der Waals surface area contributed by atoms with Crippen molar-refractivity contribution >= 4 is 50.0 Å². The lowest BCUT2D eigenvalue weighted by Gasteiger charge is -2.14. The van der Waals surface area contributed by atoms with E-state index in [1.54, 1.807) is 24.3 Å². The third-order valence-electron chi connectivity index (χ3n) is 5.68. The van der Waals surface area contributed by atoms with Crippen molar-refractivity contribution in [1.29, 1.82) is 0 Å². The van der Waals surface area contributed by atoms with Crippen LogP contribution in [0.4, 0.5) is 0 Å². The van der Waals surface area contributed by atoms with Crippen molar-refractivity contribution in [3.05, 3.63) is 98.1 Å². The number of hydrogen-bond acceptors (Lipinski definition) is 6. The van der Waals surface area contributed by atoms with Crippen molar-refractivity contribution in [2.24, 2.45) is 5.10 Å². The van der Waals surface area contributed by atoms with Gasteiger partial charge in [0.2, 0.25) is 0 Å². The van der Waals surface area contributed by atoms with E-state index in [2.05, 4.69) is 72.9 Å². The number of carbonyl (C=O) groups excluding carboxylic acids is 1. The SMILES string of the molecule is Cc1ccc(C)n1-c1ccc(OCc2ccc(C(=O)N/N=C/c3cc(Br)c(O[C@@H](C)C(=O)O)c(Br)c3)o2)cc1. The van der Waals surface area contributed by atoms with Crippen LogP contribution in [0.3, 0.4) is 0 Å². The Balaban J connectivity index is 1.31. The van der Waals surface area contributed by atoms with Crippen LogP contribution in [0.5, 0.6) is 11.5 Å². The minimum absolute atomic E-state index is 0.0911. The Morgan fingerprint density at radius 2 is 1.69 bits per heavy atom. The number of furan rings is 1. The summed E-state index contributed by atoms with van der Waals surface area (Å²) in [4.78, 5) is 23.5. The van der Waals surface area contributed by atoms with Crippen LogP contribution < -0.4 is 14.9 Å². The number of carboxylic acids is 1. The number of halogens is 2. The number of hydrogen-bond donors (Lipinski definition) is 2. The highest BCUT2D eigenvalue weighted by atomic mass is 79.9. The van der Waals surface area contributed by atoms with Gasteiger partial charge in [-0.2, -0.15) is 5.10 Å². The number of carboxylic acid groups (broad SMARTS) is 1. The number of nitrogens with one attached hydrogen (secondary N) is 1. The number of hydrazone groups is 1. The number of rotatable bonds is 10. The second kappa shape index (κ2) is 12.4. The Morgan fingerprint density at radius 3 is 2.31 bits per heavy atom. The molecule has 202 valence electrons. The van der Waals surface area contributed by atoms with E-state index < -0.39 is 18.0 Å². The molecular formula is C28H25Br2N3O6. The van der Waals surface area contributed by atoms with Gasteiger partial charge in [0.1, 0.15) is 23.9 Å². The van der Waals surface area contributed by atoms with Crippen LogP contribution in [-0.4, -0.2) is 33.9 Å². The number of amides is 1. The van der Waals surface area contributed by atoms with Crippen molar-refractivity contribution in [1.82, 2.24) is 9.99 Å². The molecule has 4 rings (SSSR count). The molecule has 0 saturated heterocycles. The zero-order chi connectivity index (χ0) is 28.1. The van der Waals surface area contributed by atoms with Gasteiger partial charge in [0.15, 0.2) is 11.9 Å². The van der Waals surface area contributed by atoms with Gasteiger partial charge in [-0.25, -0.2) is 10.2 Å². The van der Waals surface area contributed by atoms with Gasteiger partial charge in [-0.15, -0.1) is 0 Å². The summed E-state index contributed by atoms with van der Waals surface area (Å²) in [6, 6.07) is 18.5. The molecule has 39 heavy (non-hydrogen) atoms. The van der Waals surface area contributed by atoms with E-state index in [4.69, 9.17) is 19.0 Å². The number of benzene rings is 2. The molecular weight excluding hydrogens is 634 g/mol. The Hall–Kier alpha value is -3.83. The van der Waals surface area contributed by atoms with Gasteiger partial charge in [0.05, 0.1) is 15.2 Å². The lowest BCUT2D eigenvalue weighted by Crippen LogP contribution is -2.23. The van der Waals surface area contributed by atoms with Gasteiger partial charge in [-0.1, -0.05) is 0 Å². The summed E-state index contributed by atoms with van der Waals surface area (Å²) >= 11 is 6.72. The second-order valence-electron chi connectivity index (χ2n) is 8.61. The van der Waals surface area contributed by atoms with E-state index in [9.17, 15) is 9.59 Å². The Labute approximate surface area is 241 Å². The predicted molar refractivity (Wildman–Crippen MR) is 153 cm³/mol. The highest BCUT2D eigenvalue weighted by Gasteiger charge is 2.17. The second-order valence-corrected chi connectivity index (χ2v) is 10.3. The molecule has 0 aliphatic carbocycles. The molecule has 1 atom stereocenters. The molecule has 4 aromatic rings. The van der Waals surface area contributed by atoms with Crippen molar-refractivity contribution in [2.45, 2.75) is 33.5 Å². The minimum atomic E-state index is -1.08. The standard InChI is InChI=1S/C28H25Br2N3O6/c1-16-4-5-17(2)33(16)20-6-8-21(9-7-20)37-15-22-10-11-25(39-22)27(34)32-31-14-19-12-23(29)26(24(30)13-19)38-18(3)28(35)36/h4-14,18H,15H2,1-3H3,(H,32,34)(H,35,36)/b31-14+/t18-/m0/s1. The van der Waals surface area contributed by atoms with Crippen molar-refractivity contribution in [2.75, 3.05) is 0 Å². The van der Waals surface area contributed by atoms with Crippen LogP contribution in [-0.2, 0) is 11.4 Å². The molecule has 0 aliphatic heterocycles. The molecule has 0 fully saturated rings. The number of aliphatic carboxylic acids is 1. The maximum absolute atomic E-state index is 12.4. The number of carbonyl (C=O) groups is 2. The lowest BCUT2D eigenvalue weighted by atomic mass is 10.2. The fourth-order valence-corrected chi connectivity index (χ4v) is 5.12. The molecule has 0 aliphatic rings. The number of aromatic nitrogens is 1. The lowest BCUT2D eigenvalue weighted by molar-refractivity contribution is -0.144. The molecule has 2 aromatic heterocycles. The van der Waals surface area contributed by atoms with Crippen LogP contribution in [0.2, 0.25) is 0 Å². The van der Waals surface area contributed by atoms with Gasteiger partial charge < -0.3 is 23.6 Å². The van der Waals surface area contributed by atoms with E-state index >= 15 is 0 Å². The third kappa shape index (κ3) is 6.98. The maximum Gasteiger partial charge on any atom is 0.344 e. The van der Waals surface area contributed by atoms with Gasteiger partial charge in [-0.3, -0.25) is 4.79 Å². The molecule has 0 bridgehead atoms. The Morgan fingerprint density at radius 1 is 1.05 bits per heavy atom. The first kappa shape index (κ1) is 28.2. The van der Waals surface area contributed by atoms with Crippen LogP contribution >= 0.6 is 31.9 Å². The van der Waals surface area contributed by atoms with Crippen molar-refractivity contribution in [3.63, 3.8) is 0 Å². The van der Waals surface area contributed by atoms with Crippen LogP contribution in [0.25, 0.3) is 5.69 Å². The number of ether oxygens (including phenoxy) is 2. The first-order valence-corrected chi connectivity index (χ1v) is 13.4. The minimum Gasteiger partial charge on any atom is -0.486 e. The molecule has 9 nitrogen and oxygen atoms in total. The van der Waals surface area contributed by atoms with Crippen molar-refractivity contribution in [3.8, 4) is 17.2 Å². The van der Waals surface area contributed by atoms with E-state index in [0.717, 1.165) is 17.1 Å². The number of nitrogens with zero attached hydrogens (tertiary/aromatic N) is 2. The van der Waals surface area contributed by atoms with Crippen molar-refractivity contribution < 1.29 is 28.6 Å². The third-order valence-corrected chi connectivity index (χ3v) is 6.85. The fraction of sp³-hybridized carbons (Fsp3) is 0.179. The molecule has 2 aromatic carbocycles. The Kier molecular flexibility index (Phi) is 8.93. The number of aryl methyl sites for hydroxylation is 2. The summed E-state index contributed by atoms with van der Waals surface area (Å²) in [7, 11) is 0. The summed E-state index contributed by atoms with van der Waals surface area (Å²) in [5.41, 5.74) is 6.41. The smallest absolute Gasteiger partial charge is 0.344 e. The molecule has 0 saturated carbocycles. The highest BCUT2D eigenvalue weighted by Crippen LogP contribution is 2.35. The monoisotopic (exact) mass is 657 g/mol. The average Bonchev–Trinajstić information content (AvgIpc) is 3.51. The van der Waals surface area contributed by atoms with Gasteiger partial charge in [0.25, 0.3) is 0 Å². The first-order chi connectivity index (χ1) is 18.6. The average molecular weight is 659 g/mol. The fourth-order valence-electron chi connectivity index (χ4n) is 3.71. The quantitative estimate of drug-likeness (QED) is 0.150. The molecule has 11 heteroatoms. The zero-order valence-electron chi connectivity index (χ0n) is 21.3. The summed E-state index contributed by atoms with van der Waals surface area (Å²) < 4.78 is 20.1. The zero-order valence-corrected chi connectivity index (χ0v) is 24.4. The maximum atomic E-state index is 12.4. The summed E-state index contributed by atoms with van der Waals surface area (Å²) in [5, 5.41) is 13.0. The van der Waals surface area contributed by atoms with Gasteiger partial charge >= 0.3 is 11.9 Å². The van der Waals surface area contributed by atoms with E-state index in [-0.39, 0.29) is 12.4 Å². The molecule has 0 unspecified atom stereocenters. The predicted octanol–water partition coefficient (Wildman–Crippen LogP) is 6.41. The van der Waals surface area contributed by atoms with Gasteiger partial charge in [-0.05, 0) is 119 Å².